The minimum atomic E-state index is -0.790. The SMILES string of the molecule is CCCCC/C=C\C/C=C\CCCCCCCC(=O)OCC(COC(=O)CCCCCCC/C=C\CCCCCCCC)OC(=O)CCCCCCC/C=C/C/C=C/CCCCC. The summed E-state index contributed by atoms with van der Waals surface area (Å²) < 4.78 is 16.8. The summed E-state index contributed by atoms with van der Waals surface area (Å²) >= 11 is 0. The van der Waals surface area contributed by atoms with Gasteiger partial charge >= 0.3 is 17.9 Å². The third kappa shape index (κ3) is 50.0. The van der Waals surface area contributed by atoms with Gasteiger partial charge in [0.25, 0.3) is 0 Å². The molecule has 0 saturated carbocycles. The van der Waals surface area contributed by atoms with Crippen molar-refractivity contribution in [2.24, 2.45) is 0 Å². The fourth-order valence-electron chi connectivity index (χ4n) is 7.38. The Morgan fingerprint density at radius 3 is 0.921 bits per heavy atom. The lowest BCUT2D eigenvalue weighted by atomic mass is 10.1. The zero-order valence-corrected chi connectivity index (χ0v) is 41.6. The Labute approximate surface area is 390 Å². The van der Waals surface area contributed by atoms with Gasteiger partial charge < -0.3 is 14.2 Å². The highest BCUT2D eigenvalue weighted by atomic mass is 16.6. The predicted octanol–water partition coefficient (Wildman–Crippen LogP) is 17.6. The summed E-state index contributed by atoms with van der Waals surface area (Å²) in [4.78, 5) is 38.0. The molecule has 1 atom stereocenters. The molecule has 0 aromatic carbocycles. The molecule has 0 bridgehead atoms. The minimum Gasteiger partial charge on any atom is -0.462 e. The predicted molar refractivity (Wildman–Crippen MR) is 270 cm³/mol. The van der Waals surface area contributed by atoms with Crippen LogP contribution in [0.2, 0.25) is 0 Å². The molecular formula is C57H100O6. The molecule has 6 heteroatoms. The third-order valence-electron chi connectivity index (χ3n) is 11.5. The Bertz CT molecular complexity index is 1150. The first-order valence-electron chi connectivity index (χ1n) is 26.8. The second-order valence-corrected chi connectivity index (χ2v) is 17.8. The van der Waals surface area contributed by atoms with Crippen LogP contribution in [0.3, 0.4) is 0 Å². The molecule has 364 valence electrons. The summed E-state index contributed by atoms with van der Waals surface area (Å²) in [6.07, 6.45) is 63.4. The molecular weight excluding hydrogens is 781 g/mol. The van der Waals surface area contributed by atoms with Crippen LogP contribution in [0.25, 0.3) is 0 Å². The molecule has 0 aliphatic heterocycles. The van der Waals surface area contributed by atoms with Gasteiger partial charge in [0.2, 0.25) is 0 Å². The van der Waals surface area contributed by atoms with E-state index >= 15 is 0 Å². The number of unbranched alkanes of at least 4 members (excludes halogenated alkanes) is 27. The Balaban J connectivity index is 4.44. The van der Waals surface area contributed by atoms with Crippen LogP contribution < -0.4 is 0 Å². The fraction of sp³-hybridized carbons (Fsp3) is 0.772. The van der Waals surface area contributed by atoms with Gasteiger partial charge in [0.15, 0.2) is 6.10 Å². The zero-order chi connectivity index (χ0) is 45.8. The summed E-state index contributed by atoms with van der Waals surface area (Å²) in [5.74, 6) is -0.919. The van der Waals surface area contributed by atoms with Crippen LogP contribution in [0.5, 0.6) is 0 Å². The quantitative estimate of drug-likeness (QED) is 0.0262. The number of allylic oxidation sites excluding steroid dienone is 10. The van der Waals surface area contributed by atoms with Gasteiger partial charge in [-0.2, -0.15) is 0 Å². The summed E-state index contributed by atoms with van der Waals surface area (Å²) in [5, 5.41) is 0. The normalized spacial score (nSPS) is 12.5. The van der Waals surface area contributed by atoms with Crippen LogP contribution in [-0.2, 0) is 28.6 Å². The Kier molecular flexibility index (Phi) is 49.4. The smallest absolute Gasteiger partial charge is 0.306 e. The maximum atomic E-state index is 12.8. The van der Waals surface area contributed by atoms with Gasteiger partial charge in [0, 0.05) is 19.3 Å². The van der Waals surface area contributed by atoms with Crippen molar-refractivity contribution in [2.45, 2.75) is 271 Å². The maximum Gasteiger partial charge on any atom is 0.306 e. The van der Waals surface area contributed by atoms with Gasteiger partial charge in [-0.25, -0.2) is 0 Å². The van der Waals surface area contributed by atoms with Crippen LogP contribution in [-0.4, -0.2) is 37.2 Å². The standard InChI is InChI=1S/C57H100O6/c1-4-7-10-13-16-19-22-25-28-31-34-37-40-43-46-49-55(58)61-52-54(63-57(60)51-48-45-42-39-36-33-30-27-24-21-18-15-12-9-6-3)53-62-56(59)50-47-44-41-38-35-32-29-26-23-20-17-14-11-8-5-2/h16,18-19,21,25-30,54H,4-15,17,20,22-24,31-53H2,1-3H3/b19-16-,21-18+,28-25-,29-26-,30-27+. The summed E-state index contributed by atoms with van der Waals surface area (Å²) in [5.41, 5.74) is 0. The Morgan fingerprint density at radius 1 is 0.317 bits per heavy atom. The number of rotatable bonds is 48. The zero-order valence-electron chi connectivity index (χ0n) is 41.6. The largest absolute Gasteiger partial charge is 0.462 e. The number of carbonyl (C=O) groups excluding carboxylic acids is 3. The van der Waals surface area contributed by atoms with E-state index in [0.29, 0.717) is 19.3 Å². The van der Waals surface area contributed by atoms with Crippen molar-refractivity contribution in [3.05, 3.63) is 60.8 Å². The van der Waals surface area contributed by atoms with E-state index in [0.717, 1.165) is 109 Å². The van der Waals surface area contributed by atoms with Gasteiger partial charge in [0.05, 0.1) is 0 Å². The average molecular weight is 881 g/mol. The molecule has 0 amide bonds. The van der Waals surface area contributed by atoms with Crippen molar-refractivity contribution in [1.29, 1.82) is 0 Å². The van der Waals surface area contributed by atoms with Gasteiger partial charge in [-0.3, -0.25) is 14.4 Å². The molecule has 0 fully saturated rings. The maximum absolute atomic E-state index is 12.8. The first kappa shape index (κ1) is 60.1. The molecule has 0 spiro atoms. The van der Waals surface area contributed by atoms with Gasteiger partial charge in [-0.15, -0.1) is 0 Å². The summed E-state index contributed by atoms with van der Waals surface area (Å²) in [7, 11) is 0. The Hall–Kier alpha value is -2.89. The second kappa shape index (κ2) is 51.7. The van der Waals surface area contributed by atoms with Crippen molar-refractivity contribution in [2.75, 3.05) is 13.2 Å². The van der Waals surface area contributed by atoms with E-state index in [1.807, 2.05) is 0 Å². The second-order valence-electron chi connectivity index (χ2n) is 17.8. The highest BCUT2D eigenvalue weighted by Crippen LogP contribution is 2.14. The molecule has 63 heavy (non-hydrogen) atoms. The Morgan fingerprint density at radius 2 is 0.571 bits per heavy atom. The van der Waals surface area contributed by atoms with Crippen molar-refractivity contribution in [3.63, 3.8) is 0 Å². The third-order valence-corrected chi connectivity index (χ3v) is 11.5. The molecule has 6 nitrogen and oxygen atoms in total. The molecule has 0 N–H and O–H groups in total. The number of hydrogen-bond donors (Lipinski definition) is 0. The molecule has 0 aromatic rings. The molecule has 0 saturated heterocycles. The molecule has 1 unspecified atom stereocenters. The fourth-order valence-corrected chi connectivity index (χ4v) is 7.38. The number of carbonyl (C=O) groups is 3. The van der Waals surface area contributed by atoms with Crippen molar-refractivity contribution >= 4 is 17.9 Å². The summed E-state index contributed by atoms with van der Waals surface area (Å²) in [6.45, 7) is 6.56. The van der Waals surface area contributed by atoms with Crippen LogP contribution in [0.4, 0.5) is 0 Å². The average Bonchev–Trinajstić information content (AvgIpc) is 3.28. The van der Waals surface area contributed by atoms with Gasteiger partial charge in [-0.1, -0.05) is 197 Å². The van der Waals surface area contributed by atoms with E-state index < -0.39 is 6.10 Å². The highest BCUT2D eigenvalue weighted by molar-refractivity contribution is 5.71. The van der Waals surface area contributed by atoms with Crippen molar-refractivity contribution in [3.8, 4) is 0 Å². The van der Waals surface area contributed by atoms with Crippen LogP contribution in [0.15, 0.2) is 60.8 Å². The summed E-state index contributed by atoms with van der Waals surface area (Å²) in [6, 6.07) is 0. The van der Waals surface area contributed by atoms with Gasteiger partial charge in [0.1, 0.15) is 13.2 Å². The monoisotopic (exact) mass is 881 g/mol. The molecule has 0 aromatic heterocycles. The van der Waals surface area contributed by atoms with Crippen LogP contribution >= 0.6 is 0 Å². The van der Waals surface area contributed by atoms with E-state index in [1.54, 1.807) is 0 Å². The lowest BCUT2D eigenvalue weighted by Gasteiger charge is -2.18. The first-order chi connectivity index (χ1) is 31.0. The van der Waals surface area contributed by atoms with E-state index in [4.69, 9.17) is 14.2 Å². The van der Waals surface area contributed by atoms with Crippen molar-refractivity contribution in [1.82, 2.24) is 0 Å². The van der Waals surface area contributed by atoms with E-state index in [9.17, 15) is 14.4 Å². The lowest BCUT2D eigenvalue weighted by Crippen LogP contribution is -2.30. The highest BCUT2D eigenvalue weighted by Gasteiger charge is 2.19. The van der Waals surface area contributed by atoms with Crippen molar-refractivity contribution < 1.29 is 28.6 Å². The van der Waals surface area contributed by atoms with E-state index in [2.05, 4.69) is 81.5 Å². The van der Waals surface area contributed by atoms with Crippen LogP contribution in [0, 0.1) is 0 Å². The molecule has 0 radical (unpaired) electrons. The minimum absolute atomic E-state index is 0.0885. The number of hydrogen-bond acceptors (Lipinski definition) is 6. The van der Waals surface area contributed by atoms with Gasteiger partial charge in [-0.05, 0) is 109 Å². The molecule has 0 rings (SSSR count). The molecule has 0 heterocycles. The lowest BCUT2D eigenvalue weighted by molar-refractivity contribution is -0.167. The molecule has 0 aliphatic rings. The van der Waals surface area contributed by atoms with E-state index in [1.165, 1.54) is 116 Å². The number of esters is 3. The first-order valence-corrected chi connectivity index (χ1v) is 26.8. The van der Waals surface area contributed by atoms with E-state index in [-0.39, 0.29) is 31.1 Å². The molecule has 0 aliphatic carbocycles. The number of ether oxygens (including phenoxy) is 3. The van der Waals surface area contributed by atoms with Crippen LogP contribution in [0.1, 0.15) is 265 Å². The topological polar surface area (TPSA) is 78.9 Å².